The zero-order chi connectivity index (χ0) is 13.2. The third-order valence-electron chi connectivity index (χ3n) is 2.87. The molecule has 0 bridgehead atoms. The Kier molecular flexibility index (Phi) is 2.76. The summed E-state index contributed by atoms with van der Waals surface area (Å²) < 4.78 is 10.2. The number of cyclic esters (lactones) is 2. The zero-order valence-corrected chi connectivity index (χ0v) is 9.96. The normalized spacial score (nSPS) is 13.1. The molecular formula is C15H10O4. The van der Waals surface area contributed by atoms with Crippen molar-refractivity contribution < 1.29 is 19.1 Å². The standard InChI is InChI=1S/C15H10O4/c16-14-11-7-4-8-12(13(11)15(17)19-14)18-9-10-5-2-1-3-6-10/h1-8H,9H2. The second-order valence-electron chi connectivity index (χ2n) is 4.13. The van der Waals surface area contributed by atoms with Gasteiger partial charge in [0.05, 0.1) is 5.56 Å². The van der Waals surface area contributed by atoms with Gasteiger partial charge in [-0.3, -0.25) is 0 Å². The summed E-state index contributed by atoms with van der Waals surface area (Å²) in [6.45, 7) is 0.332. The van der Waals surface area contributed by atoms with Crippen molar-refractivity contribution in [3.63, 3.8) is 0 Å². The van der Waals surface area contributed by atoms with E-state index in [0.717, 1.165) is 5.56 Å². The van der Waals surface area contributed by atoms with Gasteiger partial charge in [-0.2, -0.15) is 0 Å². The van der Waals surface area contributed by atoms with Crippen LogP contribution in [-0.4, -0.2) is 11.9 Å². The van der Waals surface area contributed by atoms with E-state index in [4.69, 9.17) is 4.74 Å². The van der Waals surface area contributed by atoms with Crippen molar-refractivity contribution in [2.45, 2.75) is 6.61 Å². The van der Waals surface area contributed by atoms with Gasteiger partial charge in [-0.05, 0) is 17.7 Å². The lowest BCUT2D eigenvalue weighted by Gasteiger charge is -2.08. The summed E-state index contributed by atoms with van der Waals surface area (Å²) in [6, 6.07) is 14.5. The van der Waals surface area contributed by atoms with E-state index in [2.05, 4.69) is 4.74 Å². The molecular weight excluding hydrogens is 244 g/mol. The lowest BCUT2D eigenvalue weighted by Crippen LogP contribution is -2.02. The number of hydrogen-bond donors (Lipinski definition) is 0. The monoisotopic (exact) mass is 254 g/mol. The summed E-state index contributed by atoms with van der Waals surface area (Å²) in [5.74, 6) is -0.897. The fourth-order valence-electron chi connectivity index (χ4n) is 1.96. The van der Waals surface area contributed by atoms with Crippen LogP contribution in [0.25, 0.3) is 0 Å². The molecule has 1 heterocycles. The summed E-state index contributed by atoms with van der Waals surface area (Å²) in [5.41, 5.74) is 1.46. The lowest BCUT2D eigenvalue weighted by molar-refractivity contribution is 0.0442. The average Bonchev–Trinajstić information content (AvgIpc) is 2.74. The highest BCUT2D eigenvalue weighted by Crippen LogP contribution is 2.29. The van der Waals surface area contributed by atoms with E-state index in [1.165, 1.54) is 0 Å². The number of fused-ring (bicyclic) bond motifs is 1. The van der Waals surface area contributed by atoms with Crippen molar-refractivity contribution in [1.29, 1.82) is 0 Å². The predicted molar refractivity (Wildman–Crippen MR) is 67.0 cm³/mol. The first-order valence-electron chi connectivity index (χ1n) is 5.82. The first-order valence-corrected chi connectivity index (χ1v) is 5.82. The van der Waals surface area contributed by atoms with Gasteiger partial charge < -0.3 is 9.47 Å². The first kappa shape index (κ1) is 11.5. The number of benzene rings is 2. The molecule has 0 radical (unpaired) electrons. The van der Waals surface area contributed by atoms with Crippen LogP contribution < -0.4 is 4.74 Å². The van der Waals surface area contributed by atoms with Gasteiger partial charge in [0.15, 0.2) is 0 Å². The van der Waals surface area contributed by atoms with Gasteiger partial charge in [-0.1, -0.05) is 36.4 Å². The van der Waals surface area contributed by atoms with Crippen LogP contribution in [0, 0.1) is 0 Å². The molecule has 2 aromatic rings. The van der Waals surface area contributed by atoms with Crippen LogP contribution in [0.4, 0.5) is 0 Å². The number of ether oxygens (including phenoxy) is 2. The maximum Gasteiger partial charge on any atom is 0.350 e. The Hall–Kier alpha value is -2.62. The number of rotatable bonds is 3. The van der Waals surface area contributed by atoms with Crippen LogP contribution in [0.5, 0.6) is 5.75 Å². The molecule has 94 valence electrons. The lowest BCUT2D eigenvalue weighted by atomic mass is 10.1. The smallest absolute Gasteiger partial charge is 0.350 e. The second-order valence-corrected chi connectivity index (χ2v) is 4.13. The molecule has 0 atom stereocenters. The molecule has 4 heteroatoms. The number of carbonyl (C=O) groups excluding carboxylic acids is 2. The van der Waals surface area contributed by atoms with E-state index in [9.17, 15) is 9.59 Å². The Morgan fingerprint density at radius 3 is 2.47 bits per heavy atom. The molecule has 1 aliphatic rings. The average molecular weight is 254 g/mol. The van der Waals surface area contributed by atoms with Crippen LogP contribution in [-0.2, 0) is 11.3 Å². The Bertz CT molecular complexity index is 646. The van der Waals surface area contributed by atoms with Crippen LogP contribution in [0.1, 0.15) is 26.3 Å². The summed E-state index contributed by atoms with van der Waals surface area (Å²) in [7, 11) is 0. The third kappa shape index (κ3) is 2.08. The van der Waals surface area contributed by atoms with Crippen molar-refractivity contribution in [1.82, 2.24) is 0 Å². The SMILES string of the molecule is O=C1OC(=O)c2c(OCc3ccccc3)cccc21. The van der Waals surface area contributed by atoms with Crippen molar-refractivity contribution >= 4 is 11.9 Å². The quantitative estimate of drug-likeness (QED) is 0.624. The molecule has 0 amide bonds. The van der Waals surface area contributed by atoms with Crippen LogP contribution in [0.15, 0.2) is 48.5 Å². The Labute approximate surface area is 109 Å². The topological polar surface area (TPSA) is 52.6 Å². The van der Waals surface area contributed by atoms with E-state index in [-0.39, 0.29) is 11.1 Å². The van der Waals surface area contributed by atoms with Gasteiger partial charge in [0.2, 0.25) is 0 Å². The molecule has 0 unspecified atom stereocenters. The van der Waals surface area contributed by atoms with Crippen molar-refractivity contribution in [2.24, 2.45) is 0 Å². The Morgan fingerprint density at radius 1 is 0.895 bits per heavy atom. The maximum absolute atomic E-state index is 11.6. The largest absolute Gasteiger partial charge is 0.488 e. The van der Waals surface area contributed by atoms with Gasteiger partial charge >= 0.3 is 11.9 Å². The van der Waals surface area contributed by atoms with Gasteiger partial charge in [0, 0.05) is 0 Å². The molecule has 4 nitrogen and oxygen atoms in total. The second kappa shape index (κ2) is 4.57. The van der Waals surface area contributed by atoms with Gasteiger partial charge in [0.25, 0.3) is 0 Å². The Morgan fingerprint density at radius 2 is 1.68 bits per heavy atom. The summed E-state index contributed by atoms with van der Waals surface area (Å²) in [6.07, 6.45) is 0. The molecule has 0 aromatic heterocycles. The van der Waals surface area contributed by atoms with Crippen LogP contribution in [0.2, 0.25) is 0 Å². The number of hydrogen-bond acceptors (Lipinski definition) is 4. The fourth-order valence-corrected chi connectivity index (χ4v) is 1.96. The van der Waals surface area contributed by atoms with Crippen molar-refractivity contribution in [3.8, 4) is 5.75 Å². The van der Waals surface area contributed by atoms with Crippen molar-refractivity contribution in [2.75, 3.05) is 0 Å². The summed E-state index contributed by atoms with van der Waals surface area (Å²) in [4.78, 5) is 23.0. The molecule has 0 spiro atoms. The Balaban J connectivity index is 1.87. The van der Waals surface area contributed by atoms with Gasteiger partial charge in [-0.15, -0.1) is 0 Å². The molecule has 0 aliphatic carbocycles. The minimum atomic E-state index is -0.649. The number of carbonyl (C=O) groups is 2. The zero-order valence-electron chi connectivity index (χ0n) is 9.96. The van der Waals surface area contributed by atoms with E-state index < -0.39 is 11.9 Å². The highest BCUT2D eigenvalue weighted by atomic mass is 16.6. The fraction of sp³-hybridized carbons (Fsp3) is 0.0667. The van der Waals surface area contributed by atoms with E-state index >= 15 is 0 Å². The van der Waals surface area contributed by atoms with E-state index in [0.29, 0.717) is 12.4 Å². The van der Waals surface area contributed by atoms with Crippen LogP contribution in [0.3, 0.4) is 0 Å². The molecule has 2 aromatic carbocycles. The van der Waals surface area contributed by atoms with E-state index in [1.54, 1.807) is 18.2 Å². The highest BCUT2D eigenvalue weighted by Gasteiger charge is 2.32. The molecule has 0 fully saturated rings. The molecule has 0 N–H and O–H groups in total. The minimum Gasteiger partial charge on any atom is -0.488 e. The van der Waals surface area contributed by atoms with Crippen LogP contribution >= 0.6 is 0 Å². The summed E-state index contributed by atoms with van der Waals surface area (Å²) in [5, 5.41) is 0. The highest BCUT2D eigenvalue weighted by molar-refractivity contribution is 6.16. The molecule has 1 aliphatic heterocycles. The minimum absolute atomic E-state index is 0.212. The third-order valence-corrected chi connectivity index (χ3v) is 2.87. The predicted octanol–water partition coefficient (Wildman–Crippen LogP) is 2.58. The van der Waals surface area contributed by atoms with Crippen molar-refractivity contribution in [3.05, 3.63) is 65.2 Å². The molecule has 0 saturated carbocycles. The van der Waals surface area contributed by atoms with E-state index in [1.807, 2.05) is 30.3 Å². The molecule has 3 rings (SSSR count). The molecule has 0 saturated heterocycles. The molecule has 19 heavy (non-hydrogen) atoms. The number of esters is 2. The van der Waals surface area contributed by atoms with Gasteiger partial charge in [0.1, 0.15) is 17.9 Å². The van der Waals surface area contributed by atoms with Gasteiger partial charge in [-0.25, -0.2) is 9.59 Å². The first-order chi connectivity index (χ1) is 9.25. The summed E-state index contributed by atoms with van der Waals surface area (Å²) >= 11 is 0. The maximum atomic E-state index is 11.6.